The van der Waals surface area contributed by atoms with Crippen LogP contribution in [-0.2, 0) is 19.1 Å². The number of thiazole rings is 2. The molecule has 352 valence electrons. The highest BCUT2D eigenvalue weighted by atomic mass is 79.9. The van der Waals surface area contributed by atoms with E-state index in [0.29, 0.717) is 68.2 Å². The van der Waals surface area contributed by atoms with Crippen molar-refractivity contribution in [3.05, 3.63) is 124 Å². The second-order valence-electron chi connectivity index (χ2n) is 15.5. The molecule has 4 N–H and O–H groups in total. The molecule has 6 heterocycles. The number of alkyl halides is 2. The van der Waals surface area contributed by atoms with Crippen LogP contribution in [0.25, 0.3) is 0 Å². The molecule has 66 heavy (non-hydrogen) atoms. The number of nitrogens with zero attached hydrogens (tertiary/aromatic N) is 6. The predicted molar refractivity (Wildman–Crippen MR) is 246 cm³/mol. The lowest BCUT2D eigenvalue weighted by Crippen LogP contribution is -2.47. The number of esters is 2. The van der Waals surface area contributed by atoms with Crippen LogP contribution in [0.5, 0.6) is 0 Å². The number of amidine groups is 2. The Balaban J connectivity index is 0.000000196. The smallest absolute Gasteiger partial charge is 0.338 e. The molecule has 2 fully saturated rings. The molecule has 6 atom stereocenters. The molecular formula is C44H46BrClF4N8O6S2. The van der Waals surface area contributed by atoms with Crippen molar-refractivity contribution in [1.29, 1.82) is 0 Å². The van der Waals surface area contributed by atoms with Crippen molar-refractivity contribution in [3.8, 4) is 0 Å². The van der Waals surface area contributed by atoms with Crippen LogP contribution in [0.15, 0.2) is 96.5 Å². The van der Waals surface area contributed by atoms with E-state index in [4.69, 9.17) is 31.1 Å². The number of hydrogen-bond donors (Lipinski definition) is 4. The minimum Gasteiger partial charge on any atom is -0.463 e. The third-order valence-corrected chi connectivity index (χ3v) is 13.5. The molecule has 2 saturated heterocycles. The van der Waals surface area contributed by atoms with Crippen molar-refractivity contribution in [2.24, 2.45) is 9.98 Å². The number of carbonyl (C=O) groups is 2. The van der Waals surface area contributed by atoms with Crippen molar-refractivity contribution < 1.29 is 46.8 Å². The number of aromatic nitrogens is 2. The standard InChI is InChI=1S/C22H23BrF2N4O3S.C22H23ClF2N4O3S/c2*1-2-32-22(31)18-16(11-29-7-5-17(30)15(25)10-29)27-20(21-26-6-8-33-21)28-19(18)13-4-3-12(24)9-14(13)23/h2*3-4,6,8-9,15,17,19,30H,2,5,7,10-11H2,1H3,(H,27,28). The van der Waals surface area contributed by atoms with Crippen molar-refractivity contribution in [2.75, 3.05) is 52.5 Å². The first-order chi connectivity index (χ1) is 31.7. The fraction of sp³-hybridized carbons (Fsp3) is 0.409. The van der Waals surface area contributed by atoms with E-state index < -0.39 is 60.2 Å². The molecule has 0 saturated carbocycles. The lowest BCUT2D eigenvalue weighted by atomic mass is 9.94. The molecule has 0 radical (unpaired) electrons. The number of aliphatic hydroxyl groups is 2. The number of nitrogens with one attached hydrogen (secondary N) is 2. The number of aliphatic imine (C=N–C) groups is 2. The highest BCUT2D eigenvalue weighted by Crippen LogP contribution is 2.39. The van der Waals surface area contributed by atoms with Gasteiger partial charge in [0.2, 0.25) is 0 Å². The van der Waals surface area contributed by atoms with Crippen LogP contribution >= 0.6 is 50.2 Å². The fourth-order valence-electron chi connectivity index (χ4n) is 7.78. The molecular weight excluding hydrogens is 992 g/mol. The van der Waals surface area contributed by atoms with Gasteiger partial charge in [0.25, 0.3) is 0 Å². The molecule has 22 heteroatoms. The number of piperidine rings is 2. The molecule has 2 aromatic carbocycles. The summed E-state index contributed by atoms with van der Waals surface area (Å²) in [6.07, 6.45) is -0.892. The van der Waals surface area contributed by atoms with E-state index in [1.165, 1.54) is 53.0 Å². The van der Waals surface area contributed by atoms with Crippen molar-refractivity contribution in [3.63, 3.8) is 0 Å². The molecule has 2 aromatic heterocycles. The zero-order chi connectivity index (χ0) is 47.1. The zero-order valence-corrected chi connectivity index (χ0v) is 39.6. The minimum absolute atomic E-state index is 0.0220. The van der Waals surface area contributed by atoms with Gasteiger partial charge in [0.05, 0.1) is 36.6 Å². The van der Waals surface area contributed by atoms with Gasteiger partial charge >= 0.3 is 11.9 Å². The largest absolute Gasteiger partial charge is 0.463 e. The van der Waals surface area contributed by atoms with Gasteiger partial charge in [-0.15, -0.1) is 22.7 Å². The molecule has 4 aliphatic heterocycles. The SMILES string of the molecule is CCOC(=O)C1=C(CN2CCC(O)C(F)C2)NC(c2nccs2)=NC1c1ccc(F)cc1Br.CCOC(=O)C1=C(CN2CCC(O)C(F)C2)NC(c2nccs2)=NC1c1ccc(F)cc1Cl. The van der Waals surface area contributed by atoms with Gasteiger partial charge in [-0.3, -0.25) is 19.8 Å². The van der Waals surface area contributed by atoms with Gasteiger partial charge < -0.3 is 30.3 Å². The predicted octanol–water partition coefficient (Wildman–Crippen LogP) is 6.61. The maximum atomic E-state index is 14.2. The van der Waals surface area contributed by atoms with E-state index in [9.17, 15) is 37.4 Å². The minimum atomic E-state index is -1.39. The topological polar surface area (TPSA) is 174 Å². The summed E-state index contributed by atoms with van der Waals surface area (Å²) in [4.78, 5) is 47.9. The number of aliphatic hydroxyl groups excluding tert-OH is 2. The Morgan fingerprint density at radius 1 is 0.773 bits per heavy atom. The van der Waals surface area contributed by atoms with Gasteiger partial charge in [-0.25, -0.2) is 37.1 Å². The first-order valence-corrected chi connectivity index (χ1v) is 24.0. The van der Waals surface area contributed by atoms with E-state index in [1.807, 2.05) is 15.2 Å². The van der Waals surface area contributed by atoms with Gasteiger partial charge in [0, 0.05) is 88.9 Å². The quantitative estimate of drug-likeness (QED) is 0.0886. The van der Waals surface area contributed by atoms with Gasteiger partial charge in [-0.2, -0.15) is 0 Å². The molecule has 0 aliphatic carbocycles. The number of rotatable bonds is 12. The van der Waals surface area contributed by atoms with Crippen LogP contribution in [0.4, 0.5) is 17.6 Å². The number of hydrogen-bond acceptors (Lipinski definition) is 16. The van der Waals surface area contributed by atoms with E-state index in [-0.39, 0.29) is 62.0 Å². The monoisotopic (exact) mass is 1040 g/mol. The first kappa shape index (κ1) is 49.3. The van der Waals surface area contributed by atoms with E-state index >= 15 is 0 Å². The third kappa shape index (κ3) is 11.7. The Kier molecular flexibility index (Phi) is 16.8. The molecule has 4 aliphatic rings. The maximum absolute atomic E-state index is 14.2. The van der Waals surface area contributed by atoms with E-state index in [0.717, 1.165) is 0 Å². The molecule has 8 rings (SSSR count). The molecule has 6 unspecified atom stereocenters. The summed E-state index contributed by atoms with van der Waals surface area (Å²) in [6, 6.07) is 6.45. The Labute approximate surface area is 399 Å². The average molecular weight is 1040 g/mol. The van der Waals surface area contributed by atoms with E-state index in [2.05, 4.69) is 36.5 Å². The molecule has 4 aromatic rings. The summed E-state index contributed by atoms with van der Waals surface area (Å²) in [5.41, 5.74) is 2.50. The number of carbonyl (C=O) groups excluding carboxylic acids is 2. The van der Waals surface area contributed by atoms with Crippen LogP contribution < -0.4 is 10.6 Å². The second kappa shape index (κ2) is 22.5. The van der Waals surface area contributed by atoms with Crippen LogP contribution in [-0.4, -0.2) is 131 Å². The lowest BCUT2D eigenvalue weighted by Gasteiger charge is -2.35. The third-order valence-electron chi connectivity index (χ3n) is 11.0. The van der Waals surface area contributed by atoms with E-state index in [1.54, 1.807) is 37.7 Å². The average Bonchev–Trinajstić information content (AvgIpc) is 4.03. The number of ether oxygens (including phenoxy) is 2. The van der Waals surface area contributed by atoms with Crippen molar-refractivity contribution >= 4 is 73.8 Å². The number of likely N-dealkylation sites (tertiary alicyclic amines) is 2. The number of halogens is 6. The molecule has 0 amide bonds. The Bertz CT molecular complexity index is 2330. The lowest BCUT2D eigenvalue weighted by molar-refractivity contribution is -0.139. The summed E-state index contributed by atoms with van der Waals surface area (Å²) < 4.78 is 67.0. The van der Waals surface area contributed by atoms with Crippen LogP contribution in [0, 0.1) is 11.6 Å². The number of benzene rings is 2. The Morgan fingerprint density at radius 2 is 1.23 bits per heavy atom. The molecule has 0 bridgehead atoms. The fourth-order valence-corrected chi connectivity index (χ4v) is 9.79. The summed E-state index contributed by atoms with van der Waals surface area (Å²) >= 11 is 12.5. The summed E-state index contributed by atoms with van der Waals surface area (Å²) in [5.74, 6) is -1.20. The summed E-state index contributed by atoms with van der Waals surface area (Å²) in [5, 5.41) is 30.8. The Hall–Kier alpha value is -4.61. The summed E-state index contributed by atoms with van der Waals surface area (Å²) in [6.45, 7) is 5.11. The first-order valence-electron chi connectivity index (χ1n) is 21.0. The summed E-state index contributed by atoms with van der Waals surface area (Å²) in [7, 11) is 0. The van der Waals surface area contributed by atoms with Crippen LogP contribution in [0.2, 0.25) is 5.02 Å². The highest BCUT2D eigenvalue weighted by molar-refractivity contribution is 9.10. The van der Waals surface area contributed by atoms with Gasteiger partial charge in [0.1, 0.15) is 36.1 Å². The second-order valence-corrected chi connectivity index (χ2v) is 18.5. The normalized spacial score (nSPS) is 23.8. The maximum Gasteiger partial charge on any atom is 0.338 e. The van der Waals surface area contributed by atoms with Crippen LogP contribution in [0.3, 0.4) is 0 Å². The van der Waals surface area contributed by atoms with Gasteiger partial charge in [-0.05, 0) is 56.5 Å². The highest BCUT2D eigenvalue weighted by Gasteiger charge is 2.38. The van der Waals surface area contributed by atoms with Gasteiger partial charge in [-0.1, -0.05) is 39.7 Å². The Morgan fingerprint density at radius 3 is 1.64 bits per heavy atom. The molecule has 14 nitrogen and oxygen atoms in total. The zero-order valence-electron chi connectivity index (χ0n) is 35.6. The van der Waals surface area contributed by atoms with Crippen molar-refractivity contribution in [2.45, 2.75) is 63.3 Å². The van der Waals surface area contributed by atoms with Gasteiger partial charge in [0.15, 0.2) is 21.7 Å². The van der Waals surface area contributed by atoms with Crippen molar-refractivity contribution in [1.82, 2.24) is 30.4 Å². The molecule has 0 spiro atoms. The van der Waals surface area contributed by atoms with Crippen LogP contribution in [0.1, 0.15) is 59.9 Å².